The Labute approximate surface area is 205 Å². The average Bonchev–Trinajstić information content (AvgIpc) is 2.72. The van der Waals surface area contributed by atoms with Gasteiger partial charge in [0.05, 0.1) is 5.69 Å². The molecule has 2 aliphatic heterocycles. The number of aryl methyl sites for hydroxylation is 1. The van der Waals surface area contributed by atoms with E-state index < -0.39 is 17.6 Å². The third-order valence-corrected chi connectivity index (χ3v) is 6.96. The van der Waals surface area contributed by atoms with Gasteiger partial charge in [-0.25, -0.2) is 9.29 Å². The van der Waals surface area contributed by atoms with Crippen LogP contribution in [0.2, 0.25) is 0 Å². The maximum Gasteiger partial charge on any atom is 0.270 e. The Morgan fingerprint density at radius 1 is 1.18 bits per heavy atom. The smallest absolute Gasteiger partial charge is 0.270 e. The van der Waals surface area contributed by atoms with Crippen LogP contribution in [0.3, 0.4) is 0 Å². The van der Waals surface area contributed by atoms with Crippen molar-refractivity contribution in [2.75, 3.05) is 9.80 Å². The number of anilines is 2. The van der Waals surface area contributed by atoms with Crippen molar-refractivity contribution in [3.05, 3.63) is 64.5 Å². The standard InChI is InChI=1S/C27H30FN3O2S/c1-15(2)31-23-11-16(3)18(12-19(23)17(4)14-27(31,5)6)13-20-24(32)29-26(34)30(25(20)33)22-10-8-7-9-21(22)28/h7-13,15,17H,14H2,1-6H3,(H,29,32,34)/b20-13+/t17-/m1/s1. The third kappa shape index (κ3) is 4.02. The summed E-state index contributed by atoms with van der Waals surface area (Å²) in [7, 11) is 0. The largest absolute Gasteiger partial charge is 0.364 e. The van der Waals surface area contributed by atoms with E-state index in [9.17, 15) is 14.0 Å². The van der Waals surface area contributed by atoms with E-state index in [0.29, 0.717) is 12.0 Å². The van der Waals surface area contributed by atoms with E-state index in [2.05, 4.69) is 57.0 Å². The van der Waals surface area contributed by atoms with Crippen LogP contribution in [0.1, 0.15) is 63.6 Å². The van der Waals surface area contributed by atoms with Gasteiger partial charge in [0.15, 0.2) is 5.11 Å². The zero-order valence-corrected chi connectivity index (χ0v) is 21.2. The van der Waals surface area contributed by atoms with Crippen LogP contribution < -0.4 is 15.1 Å². The molecule has 34 heavy (non-hydrogen) atoms. The molecule has 2 amide bonds. The number of fused-ring (bicyclic) bond motifs is 1. The van der Waals surface area contributed by atoms with E-state index in [1.807, 2.05) is 6.92 Å². The van der Waals surface area contributed by atoms with Crippen molar-refractivity contribution in [3.63, 3.8) is 0 Å². The van der Waals surface area contributed by atoms with Crippen molar-refractivity contribution >= 4 is 46.6 Å². The molecule has 2 heterocycles. The van der Waals surface area contributed by atoms with Crippen molar-refractivity contribution < 1.29 is 14.0 Å². The number of benzene rings is 2. The molecule has 0 unspecified atom stereocenters. The molecular formula is C27H30FN3O2S. The predicted octanol–water partition coefficient (Wildman–Crippen LogP) is 5.47. The minimum absolute atomic E-state index is 0.00833. The number of para-hydroxylation sites is 1. The van der Waals surface area contributed by atoms with Crippen LogP contribution in [-0.2, 0) is 9.59 Å². The van der Waals surface area contributed by atoms with Gasteiger partial charge >= 0.3 is 0 Å². The molecule has 0 saturated carbocycles. The van der Waals surface area contributed by atoms with Gasteiger partial charge < -0.3 is 4.90 Å². The van der Waals surface area contributed by atoms with Crippen molar-refractivity contribution in [2.45, 2.75) is 65.5 Å². The average molecular weight is 480 g/mol. The molecule has 7 heteroatoms. The van der Waals surface area contributed by atoms with E-state index in [4.69, 9.17) is 12.2 Å². The van der Waals surface area contributed by atoms with Gasteiger partial charge in [-0.1, -0.05) is 19.1 Å². The summed E-state index contributed by atoms with van der Waals surface area (Å²) < 4.78 is 14.4. The molecular weight excluding hydrogens is 449 g/mol. The lowest BCUT2D eigenvalue weighted by atomic mass is 9.78. The highest BCUT2D eigenvalue weighted by molar-refractivity contribution is 7.80. The molecule has 0 radical (unpaired) electrons. The van der Waals surface area contributed by atoms with Gasteiger partial charge in [0.25, 0.3) is 11.8 Å². The number of nitrogens with one attached hydrogen (secondary N) is 1. The fourth-order valence-corrected chi connectivity index (χ4v) is 5.69. The highest BCUT2D eigenvalue weighted by Crippen LogP contribution is 2.45. The summed E-state index contributed by atoms with van der Waals surface area (Å²) in [5.41, 5.74) is 4.06. The number of thiocarbonyl (C=S) groups is 1. The molecule has 0 aliphatic carbocycles. The van der Waals surface area contributed by atoms with Gasteiger partial charge in [-0.05, 0) is 106 Å². The van der Waals surface area contributed by atoms with Crippen LogP contribution >= 0.6 is 12.2 Å². The van der Waals surface area contributed by atoms with Gasteiger partial charge in [-0.2, -0.15) is 0 Å². The van der Waals surface area contributed by atoms with Gasteiger partial charge in [0.1, 0.15) is 11.4 Å². The fraction of sp³-hybridized carbons (Fsp3) is 0.370. The molecule has 2 aromatic carbocycles. The summed E-state index contributed by atoms with van der Waals surface area (Å²) in [5, 5.41) is 2.40. The lowest BCUT2D eigenvalue weighted by Gasteiger charge is -2.50. The normalized spacial score (nSPS) is 21.2. The maximum absolute atomic E-state index is 14.4. The molecule has 2 aromatic rings. The van der Waals surface area contributed by atoms with Crippen LogP contribution in [-0.4, -0.2) is 28.5 Å². The minimum atomic E-state index is -0.644. The Morgan fingerprint density at radius 3 is 2.50 bits per heavy atom. The van der Waals surface area contributed by atoms with Crippen molar-refractivity contribution in [1.29, 1.82) is 0 Å². The summed E-state index contributed by atoms with van der Waals surface area (Å²) in [4.78, 5) is 29.6. The van der Waals surface area contributed by atoms with Crippen LogP contribution in [0.5, 0.6) is 0 Å². The number of hydrogen-bond acceptors (Lipinski definition) is 4. The van der Waals surface area contributed by atoms with Crippen LogP contribution in [0.15, 0.2) is 42.0 Å². The maximum atomic E-state index is 14.4. The minimum Gasteiger partial charge on any atom is -0.364 e. The molecule has 0 aromatic heterocycles. The molecule has 0 spiro atoms. The predicted molar refractivity (Wildman–Crippen MR) is 139 cm³/mol. The van der Waals surface area contributed by atoms with E-state index in [0.717, 1.165) is 22.4 Å². The Morgan fingerprint density at radius 2 is 1.85 bits per heavy atom. The summed E-state index contributed by atoms with van der Waals surface area (Å²) in [6, 6.07) is 10.4. The highest BCUT2D eigenvalue weighted by Gasteiger charge is 2.39. The summed E-state index contributed by atoms with van der Waals surface area (Å²) in [5.74, 6) is -1.51. The molecule has 1 saturated heterocycles. The molecule has 0 bridgehead atoms. The molecule has 1 fully saturated rings. The quantitative estimate of drug-likeness (QED) is 0.361. The molecule has 5 nitrogen and oxygen atoms in total. The van der Waals surface area contributed by atoms with E-state index in [-0.39, 0.29) is 21.9 Å². The lowest BCUT2D eigenvalue weighted by molar-refractivity contribution is -0.122. The van der Waals surface area contributed by atoms with Gasteiger partial charge in [0, 0.05) is 17.3 Å². The van der Waals surface area contributed by atoms with Crippen LogP contribution in [0, 0.1) is 12.7 Å². The Hall–Kier alpha value is -3.06. The van der Waals surface area contributed by atoms with Gasteiger partial charge in [0.2, 0.25) is 0 Å². The summed E-state index contributed by atoms with van der Waals surface area (Å²) in [6.07, 6.45) is 2.58. The monoisotopic (exact) mass is 479 g/mol. The van der Waals surface area contributed by atoms with Crippen molar-refractivity contribution in [1.82, 2.24) is 5.32 Å². The first-order valence-corrected chi connectivity index (χ1v) is 11.9. The third-order valence-electron chi connectivity index (χ3n) is 6.67. The van der Waals surface area contributed by atoms with Crippen LogP contribution in [0.25, 0.3) is 6.08 Å². The number of carbonyl (C=O) groups excluding carboxylic acids is 2. The number of amides is 2. The van der Waals surface area contributed by atoms with Crippen molar-refractivity contribution in [2.24, 2.45) is 0 Å². The number of nitrogens with zero attached hydrogens (tertiary/aromatic N) is 2. The second-order valence-electron chi connectivity index (χ2n) is 10.1. The topological polar surface area (TPSA) is 52.7 Å². The first-order chi connectivity index (χ1) is 15.9. The first kappa shape index (κ1) is 24.1. The fourth-order valence-electron chi connectivity index (χ4n) is 5.41. The summed E-state index contributed by atoms with van der Waals surface area (Å²) in [6.45, 7) is 13.1. The molecule has 178 valence electrons. The van der Waals surface area contributed by atoms with Gasteiger partial charge in [-0.3, -0.25) is 14.9 Å². The molecule has 1 N–H and O–H groups in total. The van der Waals surface area contributed by atoms with Crippen LogP contribution in [0.4, 0.5) is 15.8 Å². The number of hydrogen-bond donors (Lipinski definition) is 1. The summed E-state index contributed by atoms with van der Waals surface area (Å²) >= 11 is 5.19. The Kier molecular flexibility index (Phi) is 6.10. The zero-order chi connectivity index (χ0) is 24.9. The number of halogens is 1. The molecule has 1 atom stereocenters. The Balaban J connectivity index is 1.80. The second-order valence-corrected chi connectivity index (χ2v) is 10.4. The van der Waals surface area contributed by atoms with E-state index in [1.54, 1.807) is 12.1 Å². The second kappa shape index (κ2) is 8.62. The first-order valence-electron chi connectivity index (χ1n) is 11.5. The zero-order valence-electron chi connectivity index (χ0n) is 20.4. The van der Waals surface area contributed by atoms with E-state index >= 15 is 0 Å². The van der Waals surface area contributed by atoms with Gasteiger partial charge in [-0.15, -0.1) is 0 Å². The number of rotatable bonds is 3. The number of carbonyl (C=O) groups is 2. The molecule has 4 rings (SSSR count). The SMILES string of the molecule is Cc1cc2c(cc1/C=C1\C(=O)NC(=S)N(c3ccccc3F)C1=O)[C@H](C)CC(C)(C)N2C(C)C. The Bertz CT molecular complexity index is 1230. The molecule has 2 aliphatic rings. The lowest BCUT2D eigenvalue weighted by Crippen LogP contribution is -2.54. The van der Waals surface area contributed by atoms with E-state index in [1.165, 1.54) is 29.4 Å². The highest BCUT2D eigenvalue weighted by atomic mass is 32.1. The van der Waals surface area contributed by atoms with Crippen molar-refractivity contribution in [3.8, 4) is 0 Å².